The van der Waals surface area contributed by atoms with Crippen molar-refractivity contribution in [2.75, 3.05) is 32.7 Å². The number of hydrazone groups is 1. The number of methoxy groups -OCH3 is 1. The predicted octanol–water partition coefficient (Wildman–Crippen LogP) is 4.33. The first-order valence-corrected chi connectivity index (χ1v) is 11.0. The summed E-state index contributed by atoms with van der Waals surface area (Å²) in [5.41, 5.74) is 4.14. The summed E-state index contributed by atoms with van der Waals surface area (Å²) in [7, 11) is 5.59. The van der Waals surface area contributed by atoms with Crippen LogP contribution in [0, 0.1) is 0 Å². The van der Waals surface area contributed by atoms with Crippen molar-refractivity contribution in [3.8, 4) is 11.5 Å². The van der Waals surface area contributed by atoms with Gasteiger partial charge in [-0.1, -0.05) is 36.4 Å². The Morgan fingerprint density at radius 1 is 1.09 bits per heavy atom. The second kappa shape index (κ2) is 10.2. The van der Waals surface area contributed by atoms with Crippen LogP contribution in [0.1, 0.15) is 33.9 Å². The van der Waals surface area contributed by atoms with E-state index < -0.39 is 0 Å². The van der Waals surface area contributed by atoms with Crippen LogP contribution < -0.4 is 14.4 Å². The fourth-order valence-electron chi connectivity index (χ4n) is 3.89. The van der Waals surface area contributed by atoms with Gasteiger partial charge in [0.2, 0.25) is 0 Å². The molecule has 0 spiro atoms. The summed E-state index contributed by atoms with van der Waals surface area (Å²) in [5, 5.41) is 6.18. The number of amides is 1. The lowest BCUT2D eigenvalue weighted by Crippen LogP contribution is -2.31. The van der Waals surface area contributed by atoms with Crippen LogP contribution in [0.15, 0.2) is 77.9 Å². The first-order chi connectivity index (χ1) is 16.5. The van der Waals surface area contributed by atoms with Gasteiger partial charge in [-0.3, -0.25) is 9.59 Å². The van der Waals surface area contributed by atoms with E-state index in [9.17, 15) is 9.59 Å². The Balaban J connectivity index is 1.61. The number of anilines is 1. The van der Waals surface area contributed by atoms with Crippen LogP contribution in [0.25, 0.3) is 0 Å². The van der Waals surface area contributed by atoms with Crippen molar-refractivity contribution in [3.63, 3.8) is 0 Å². The third kappa shape index (κ3) is 4.93. The van der Waals surface area contributed by atoms with Gasteiger partial charge in [0.05, 0.1) is 24.4 Å². The van der Waals surface area contributed by atoms with Gasteiger partial charge in [-0.05, 0) is 42.0 Å². The van der Waals surface area contributed by atoms with Gasteiger partial charge < -0.3 is 14.4 Å². The minimum Gasteiger partial charge on any atom is -0.497 e. The van der Waals surface area contributed by atoms with Crippen molar-refractivity contribution < 1.29 is 19.1 Å². The minimum absolute atomic E-state index is 0.230. The molecule has 1 unspecified atom stereocenters. The Hall–Kier alpha value is -4.13. The number of rotatable bonds is 8. The number of hydrogen-bond acceptors (Lipinski definition) is 6. The number of para-hydroxylation sites is 1. The number of hydrogen-bond donors (Lipinski definition) is 0. The number of carbonyl (C=O) groups excluding carboxylic acids is 2. The predicted molar refractivity (Wildman–Crippen MR) is 132 cm³/mol. The highest BCUT2D eigenvalue weighted by molar-refractivity contribution is 6.03. The zero-order valence-electron chi connectivity index (χ0n) is 19.5. The molecule has 0 fully saturated rings. The van der Waals surface area contributed by atoms with Crippen molar-refractivity contribution in [1.82, 2.24) is 5.01 Å². The lowest BCUT2D eigenvalue weighted by molar-refractivity contribution is -0.135. The molecule has 1 atom stereocenters. The maximum absolute atomic E-state index is 13.2. The lowest BCUT2D eigenvalue weighted by Gasteiger charge is -2.23. The Morgan fingerprint density at radius 3 is 2.56 bits per heavy atom. The van der Waals surface area contributed by atoms with Crippen molar-refractivity contribution in [2.24, 2.45) is 5.10 Å². The second-order valence-corrected chi connectivity index (χ2v) is 8.17. The minimum atomic E-state index is -0.291. The molecule has 1 aliphatic rings. The van der Waals surface area contributed by atoms with Crippen LogP contribution in [0.5, 0.6) is 11.5 Å². The molecule has 0 saturated carbocycles. The maximum atomic E-state index is 13.2. The van der Waals surface area contributed by atoms with E-state index in [4.69, 9.17) is 9.47 Å². The monoisotopic (exact) mass is 457 g/mol. The number of nitrogens with zero attached hydrogens (tertiary/aromatic N) is 3. The molecule has 0 radical (unpaired) electrons. The fourth-order valence-corrected chi connectivity index (χ4v) is 3.89. The normalized spacial score (nSPS) is 15.0. The second-order valence-electron chi connectivity index (χ2n) is 8.17. The van der Waals surface area contributed by atoms with Crippen LogP contribution in [0.2, 0.25) is 0 Å². The van der Waals surface area contributed by atoms with Crippen molar-refractivity contribution in [3.05, 3.63) is 89.5 Å². The van der Waals surface area contributed by atoms with Gasteiger partial charge in [-0.15, -0.1) is 0 Å². The van der Waals surface area contributed by atoms with Crippen molar-refractivity contribution in [2.45, 2.75) is 12.5 Å². The van der Waals surface area contributed by atoms with Gasteiger partial charge in [0.1, 0.15) is 11.5 Å². The summed E-state index contributed by atoms with van der Waals surface area (Å²) >= 11 is 0. The van der Waals surface area contributed by atoms with E-state index in [0.29, 0.717) is 24.0 Å². The van der Waals surface area contributed by atoms with Gasteiger partial charge in [-0.2, -0.15) is 5.10 Å². The summed E-state index contributed by atoms with van der Waals surface area (Å²) < 4.78 is 11.1. The number of benzene rings is 3. The third-order valence-corrected chi connectivity index (χ3v) is 5.76. The molecule has 0 saturated heterocycles. The summed E-state index contributed by atoms with van der Waals surface area (Å²) in [6.07, 6.45) is 1.27. The van der Waals surface area contributed by atoms with Gasteiger partial charge in [-0.25, -0.2) is 5.01 Å². The molecule has 1 amide bonds. The molecule has 0 aromatic heterocycles. The molecular weight excluding hydrogens is 430 g/mol. The van der Waals surface area contributed by atoms with Gasteiger partial charge in [0.15, 0.2) is 12.9 Å². The molecule has 3 aromatic rings. The molecule has 34 heavy (non-hydrogen) atoms. The summed E-state index contributed by atoms with van der Waals surface area (Å²) in [6.45, 7) is -0.230. The maximum Gasteiger partial charge on any atom is 0.281 e. The largest absolute Gasteiger partial charge is 0.497 e. The van der Waals surface area contributed by atoms with E-state index in [1.807, 2.05) is 67.5 Å². The van der Waals surface area contributed by atoms with E-state index in [1.165, 1.54) is 5.01 Å². The molecule has 0 bridgehead atoms. The van der Waals surface area contributed by atoms with Crippen LogP contribution in [0.4, 0.5) is 5.69 Å². The third-order valence-electron chi connectivity index (χ3n) is 5.76. The Morgan fingerprint density at radius 2 is 1.85 bits per heavy atom. The molecule has 0 aliphatic carbocycles. The molecular formula is C27H27N3O4. The molecule has 174 valence electrons. The Kier molecular flexibility index (Phi) is 6.92. The van der Waals surface area contributed by atoms with E-state index in [1.54, 1.807) is 31.4 Å². The molecule has 7 nitrogen and oxygen atoms in total. The van der Waals surface area contributed by atoms with Crippen molar-refractivity contribution >= 4 is 23.6 Å². The highest BCUT2D eigenvalue weighted by Crippen LogP contribution is 2.34. The van der Waals surface area contributed by atoms with Crippen molar-refractivity contribution in [1.29, 1.82) is 0 Å². The molecule has 3 aromatic carbocycles. The summed E-state index contributed by atoms with van der Waals surface area (Å²) in [5.74, 6) is 0.805. The zero-order chi connectivity index (χ0) is 24.1. The van der Waals surface area contributed by atoms with E-state index in [-0.39, 0.29) is 18.6 Å². The average molecular weight is 458 g/mol. The number of aldehydes is 1. The topological polar surface area (TPSA) is 71.4 Å². The highest BCUT2D eigenvalue weighted by Gasteiger charge is 2.33. The first-order valence-electron chi connectivity index (χ1n) is 11.0. The molecule has 0 N–H and O–H groups in total. The van der Waals surface area contributed by atoms with Gasteiger partial charge >= 0.3 is 0 Å². The highest BCUT2D eigenvalue weighted by atomic mass is 16.5. The van der Waals surface area contributed by atoms with E-state index in [2.05, 4.69) is 5.10 Å². The van der Waals surface area contributed by atoms with Crippen LogP contribution >= 0.6 is 0 Å². The van der Waals surface area contributed by atoms with Crippen LogP contribution in [-0.2, 0) is 4.79 Å². The number of ether oxygens (including phenoxy) is 2. The Labute approximate surface area is 199 Å². The van der Waals surface area contributed by atoms with Gasteiger partial charge in [0.25, 0.3) is 5.91 Å². The molecule has 1 heterocycles. The molecule has 4 rings (SSSR count). The van der Waals surface area contributed by atoms with E-state index in [0.717, 1.165) is 28.3 Å². The van der Waals surface area contributed by atoms with Crippen LogP contribution in [-0.4, -0.2) is 50.7 Å². The standard InChI is InChI=1S/C27H27N3O4/c1-29(2)22-13-11-19(12-14-22)25-16-24(20-8-6-9-23(15-20)33-3)28-30(25)27(32)18-34-26-10-5-4-7-21(26)17-31/h4-15,17,25H,16,18H2,1-3H3. The Bertz CT molecular complexity index is 1200. The smallest absolute Gasteiger partial charge is 0.281 e. The SMILES string of the molecule is COc1cccc(C2=NN(C(=O)COc3ccccc3C=O)C(c3ccc(N(C)C)cc3)C2)c1. The molecule has 1 aliphatic heterocycles. The van der Waals surface area contributed by atoms with E-state index >= 15 is 0 Å². The summed E-state index contributed by atoms with van der Waals surface area (Å²) in [4.78, 5) is 26.6. The molecule has 7 heteroatoms. The zero-order valence-corrected chi connectivity index (χ0v) is 19.5. The summed E-state index contributed by atoms with van der Waals surface area (Å²) in [6, 6.07) is 22.3. The number of carbonyl (C=O) groups is 2. The fraction of sp³-hybridized carbons (Fsp3) is 0.222. The lowest BCUT2D eigenvalue weighted by atomic mass is 9.98. The van der Waals surface area contributed by atoms with Gasteiger partial charge in [0, 0.05) is 31.8 Å². The van der Waals surface area contributed by atoms with Crippen LogP contribution in [0.3, 0.4) is 0 Å². The first kappa shape index (κ1) is 23.0. The average Bonchev–Trinajstić information content (AvgIpc) is 3.33. The quantitative estimate of drug-likeness (QED) is 0.471.